The lowest BCUT2D eigenvalue weighted by molar-refractivity contribution is 0.332. The molecule has 34 heavy (non-hydrogen) atoms. The predicted octanol–water partition coefficient (Wildman–Crippen LogP) is 5.66. The number of benzene rings is 3. The number of fused-ring (bicyclic) bond motifs is 1. The van der Waals surface area contributed by atoms with Gasteiger partial charge in [0.05, 0.1) is 12.2 Å². The lowest BCUT2D eigenvalue weighted by atomic mass is 9.82. The third kappa shape index (κ3) is 5.31. The Hall–Kier alpha value is -3.99. The predicted molar refractivity (Wildman–Crippen MR) is 136 cm³/mol. The van der Waals surface area contributed by atoms with Crippen LogP contribution in [0.2, 0.25) is 0 Å². The van der Waals surface area contributed by atoms with Crippen LogP contribution in [0.1, 0.15) is 40.3 Å². The SMILES string of the molecule is N=C1CC(c2ccccc2)Cc2nc(NCCOc3ccc(Cc4ccccc4)cc3)ncc21. The Balaban J connectivity index is 1.13. The number of hydrogen-bond acceptors (Lipinski definition) is 5. The third-order valence-corrected chi connectivity index (χ3v) is 6.18. The first kappa shape index (κ1) is 21.8. The van der Waals surface area contributed by atoms with Crippen LogP contribution in [0, 0.1) is 5.41 Å². The molecule has 5 nitrogen and oxygen atoms in total. The smallest absolute Gasteiger partial charge is 0.223 e. The fourth-order valence-corrected chi connectivity index (χ4v) is 4.40. The molecule has 0 saturated carbocycles. The molecule has 0 spiro atoms. The zero-order chi connectivity index (χ0) is 23.2. The number of aromatic nitrogens is 2. The van der Waals surface area contributed by atoms with E-state index in [1.54, 1.807) is 6.20 Å². The van der Waals surface area contributed by atoms with Crippen LogP contribution in [-0.4, -0.2) is 28.8 Å². The highest BCUT2D eigenvalue weighted by atomic mass is 16.5. The molecule has 0 radical (unpaired) electrons. The second kappa shape index (κ2) is 10.3. The van der Waals surface area contributed by atoms with Gasteiger partial charge in [-0.15, -0.1) is 0 Å². The van der Waals surface area contributed by atoms with Gasteiger partial charge >= 0.3 is 0 Å². The van der Waals surface area contributed by atoms with Gasteiger partial charge in [-0.25, -0.2) is 9.97 Å². The average Bonchev–Trinajstić information content (AvgIpc) is 2.88. The zero-order valence-corrected chi connectivity index (χ0v) is 19.1. The highest BCUT2D eigenvalue weighted by Gasteiger charge is 2.25. The first-order valence-electron chi connectivity index (χ1n) is 11.7. The maximum atomic E-state index is 8.44. The molecule has 1 aliphatic rings. The maximum Gasteiger partial charge on any atom is 0.223 e. The first-order valence-corrected chi connectivity index (χ1v) is 11.7. The standard InChI is InChI=1S/C29H28N4O/c30-27-18-24(23-9-5-2-6-10-23)19-28-26(27)20-32-29(33-28)31-15-16-34-25-13-11-22(12-14-25)17-21-7-3-1-4-8-21/h1-14,20,24,30H,15-19H2,(H,31,32,33). The summed E-state index contributed by atoms with van der Waals surface area (Å²) in [5, 5.41) is 11.7. The number of hydrogen-bond donors (Lipinski definition) is 2. The van der Waals surface area contributed by atoms with Gasteiger partial charge in [-0.1, -0.05) is 72.8 Å². The van der Waals surface area contributed by atoms with Crippen molar-refractivity contribution in [3.8, 4) is 5.75 Å². The Morgan fingerprint density at radius 3 is 2.32 bits per heavy atom. The van der Waals surface area contributed by atoms with Gasteiger partial charge in [0, 0.05) is 17.5 Å². The van der Waals surface area contributed by atoms with Crippen molar-refractivity contribution < 1.29 is 4.74 Å². The summed E-state index contributed by atoms with van der Waals surface area (Å²) in [6, 6.07) is 29.1. The number of ether oxygens (including phenoxy) is 1. The molecule has 0 saturated heterocycles. The van der Waals surface area contributed by atoms with Gasteiger partial charge < -0.3 is 15.5 Å². The van der Waals surface area contributed by atoms with Crippen molar-refractivity contribution >= 4 is 11.7 Å². The molecule has 1 heterocycles. The quantitative estimate of drug-likeness (QED) is 0.341. The fourth-order valence-electron chi connectivity index (χ4n) is 4.40. The Bertz CT molecular complexity index is 1240. The number of nitrogens with zero attached hydrogens (tertiary/aromatic N) is 2. The van der Waals surface area contributed by atoms with Crippen LogP contribution in [0.15, 0.2) is 91.1 Å². The minimum Gasteiger partial charge on any atom is -0.492 e. The first-order chi connectivity index (χ1) is 16.7. The van der Waals surface area contributed by atoms with Gasteiger partial charge in [-0.05, 0) is 54.0 Å². The second-order valence-electron chi connectivity index (χ2n) is 8.63. The van der Waals surface area contributed by atoms with Crippen molar-refractivity contribution in [2.45, 2.75) is 25.2 Å². The van der Waals surface area contributed by atoms with Crippen molar-refractivity contribution in [3.05, 3.63) is 119 Å². The van der Waals surface area contributed by atoms with Gasteiger partial charge in [0.15, 0.2) is 0 Å². The van der Waals surface area contributed by atoms with Crippen LogP contribution in [0.4, 0.5) is 5.95 Å². The van der Waals surface area contributed by atoms with E-state index in [0.717, 1.165) is 36.3 Å². The van der Waals surface area contributed by atoms with E-state index >= 15 is 0 Å². The molecule has 1 aromatic heterocycles. The molecule has 2 N–H and O–H groups in total. The lowest BCUT2D eigenvalue weighted by Crippen LogP contribution is -2.22. The Morgan fingerprint density at radius 1 is 0.853 bits per heavy atom. The van der Waals surface area contributed by atoms with Gasteiger partial charge in [0.2, 0.25) is 5.95 Å². The molecule has 5 heteroatoms. The van der Waals surface area contributed by atoms with Gasteiger partial charge in [0.1, 0.15) is 12.4 Å². The van der Waals surface area contributed by atoms with Crippen molar-refractivity contribution in [1.29, 1.82) is 5.41 Å². The number of rotatable bonds is 8. The van der Waals surface area contributed by atoms with Gasteiger partial charge in [-0.2, -0.15) is 0 Å². The maximum absolute atomic E-state index is 8.44. The molecular formula is C29H28N4O. The van der Waals surface area contributed by atoms with Crippen molar-refractivity contribution in [3.63, 3.8) is 0 Å². The summed E-state index contributed by atoms with van der Waals surface area (Å²) < 4.78 is 5.89. The molecule has 1 atom stereocenters. The highest BCUT2D eigenvalue weighted by Crippen LogP contribution is 2.31. The summed E-state index contributed by atoms with van der Waals surface area (Å²) in [7, 11) is 0. The average molecular weight is 449 g/mol. The summed E-state index contributed by atoms with van der Waals surface area (Å²) in [4.78, 5) is 9.13. The van der Waals surface area contributed by atoms with Crippen LogP contribution in [0.25, 0.3) is 0 Å². The lowest BCUT2D eigenvalue weighted by Gasteiger charge is -2.25. The fraction of sp³-hybridized carbons (Fsp3) is 0.207. The van der Waals surface area contributed by atoms with Gasteiger partial charge in [-0.3, -0.25) is 0 Å². The van der Waals surface area contributed by atoms with E-state index in [4.69, 9.17) is 15.1 Å². The van der Waals surface area contributed by atoms with Crippen molar-refractivity contribution in [2.24, 2.45) is 0 Å². The van der Waals surface area contributed by atoms with Crippen LogP contribution in [-0.2, 0) is 12.8 Å². The van der Waals surface area contributed by atoms with Crippen LogP contribution in [0.5, 0.6) is 5.75 Å². The molecule has 0 fully saturated rings. The largest absolute Gasteiger partial charge is 0.492 e. The Morgan fingerprint density at radius 2 is 1.56 bits per heavy atom. The summed E-state index contributed by atoms with van der Waals surface area (Å²) in [5.74, 6) is 1.73. The summed E-state index contributed by atoms with van der Waals surface area (Å²) in [5.41, 5.74) is 6.24. The van der Waals surface area contributed by atoms with Gasteiger partial charge in [0.25, 0.3) is 0 Å². The zero-order valence-electron chi connectivity index (χ0n) is 19.1. The van der Waals surface area contributed by atoms with E-state index in [9.17, 15) is 0 Å². The molecule has 1 aliphatic carbocycles. The highest BCUT2D eigenvalue weighted by molar-refractivity contribution is 6.00. The van der Waals surface area contributed by atoms with E-state index in [1.165, 1.54) is 16.7 Å². The van der Waals surface area contributed by atoms with E-state index in [-0.39, 0.29) is 5.92 Å². The monoisotopic (exact) mass is 448 g/mol. The molecule has 170 valence electrons. The normalized spacial score (nSPS) is 14.9. The molecule has 0 amide bonds. The molecule has 1 unspecified atom stereocenters. The minimum atomic E-state index is 0.289. The molecule has 4 aromatic rings. The van der Waals surface area contributed by atoms with E-state index in [0.29, 0.717) is 24.8 Å². The second-order valence-corrected chi connectivity index (χ2v) is 8.63. The van der Waals surface area contributed by atoms with Crippen LogP contribution >= 0.6 is 0 Å². The molecule has 0 aliphatic heterocycles. The summed E-state index contributed by atoms with van der Waals surface area (Å²) in [6.07, 6.45) is 4.25. The summed E-state index contributed by atoms with van der Waals surface area (Å²) in [6.45, 7) is 1.12. The number of anilines is 1. The Kier molecular flexibility index (Phi) is 6.61. The van der Waals surface area contributed by atoms with Crippen LogP contribution in [0.3, 0.4) is 0 Å². The summed E-state index contributed by atoms with van der Waals surface area (Å²) >= 11 is 0. The molecule has 5 rings (SSSR count). The number of nitrogens with one attached hydrogen (secondary N) is 2. The van der Waals surface area contributed by atoms with Crippen molar-refractivity contribution in [1.82, 2.24) is 9.97 Å². The Labute approximate surface area is 200 Å². The van der Waals surface area contributed by atoms with E-state index in [1.807, 2.05) is 24.3 Å². The van der Waals surface area contributed by atoms with E-state index < -0.39 is 0 Å². The minimum absolute atomic E-state index is 0.289. The third-order valence-electron chi connectivity index (χ3n) is 6.18. The molecular weight excluding hydrogens is 420 g/mol. The van der Waals surface area contributed by atoms with E-state index in [2.05, 4.69) is 71.0 Å². The van der Waals surface area contributed by atoms with Crippen molar-refractivity contribution in [2.75, 3.05) is 18.5 Å². The van der Waals surface area contributed by atoms with Crippen LogP contribution < -0.4 is 10.1 Å². The molecule has 3 aromatic carbocycles. The molecule has 0 bridgehead atoms. The topological polar surface area (TPSA) is 70.9 Å².